The summed E-state index contributed by atoms with van der Waals surface area (Å²) in [5, 5.41) is 31.2. The third-order valence-corrected chi connectivity index (χ3v) is 5.47. The van der Waals surface area contributed by atoms with Gasteiger partial charge in [0.25, 0.3) is 0 Å². The number of esters is 2. The van der Waals surface area contributed by atoms with E-state index in [1.807, 2.05) is 19.9 Å². The zero-order valence-corrected chi connectivity index (χ0v) is 18.8. The molecule has 3 N–H and O–H groups in total. The van der Waals surface area contributed by atoms with E-state index >= 15 is 0 Å². The fourth-order valence-electron chi connectivity index (χ4n) is 3.83. The van der Waals surface area contributed by atoms with Crippen molar-refractivity contribution in [1.82, 2.24) is 0 Å². The normalized spacial score (nSPS) is 17.5. The Labute approximate surface area is 191 Å². The summed E-state index contributed by atoms with van der Waals surface area (Å²) in [6, 6.07) is 8.78. The van der Waals surface area contributed by atoms with Crippen LogP contribution in [0.5, 0.6) is 17.2 Å². The van der Waals surface area contributed by atoms with Gasteiger partial charge in [-0.25, -0.2) is 9.59 Å². The lowest BCUT2D eigenvalue weighted by Crippen LogP contribution is -2.44. The number of carbonyl (C=O) groups excluding carboxylic acids is 2. The largest absolute Gasteiger partial charge is 0.508 e. The molecule has 0 radical (unpaired) electrons. The summed E-state index contributed by atoms with van der Waals surface area (Å²) >= 11 is 0. The maximum Gasteiger partial charge on any atom is 0.375 e. The summed E-state index contributed by atoms with van der Waals surface area (Å²) < 4.78 is 15.7. The van der Waals surface area contributed by atoms with Crippen molar-refractivity contribution in [1.29, 1.82) is 0 Å². The van der Waals surface area contributed by atoms with Gasteiger partial charge in [-0.05, 0) is 49.6 Å². The molecule has 174 valence electrons. The Morgan fingerprint density at radius 2 is 1.73 bits per heavy atom. The second-order valence-electron chi connectivity index (χ2n) is 7.90. The predicted octanol–water partition coefficient (Wildman–Crippen LogP) is 3.60. The number of rotatable bonds is 7. The van der Waals surface area contributed by atoms with E-state index in [0.717, 1.165) is 12.7 Å². The Bertz CT molecular complexity index is 1140. The maximum atomic E-state index is 13.0. The first-order valence-corrected chi connectivity index (χ1v) is 10.2. The molecule has 0 amide bonds. The molecule has 0 spiro atoms. The highest BCUT2D eigenvalue weighted by molar-refractivity contribution is 6.11. The Kier molecular flexibility index (Phi) is 6.67. The van der Waals surface area contributed by atoms with Gasteiger partial charge in [-0.2, -0.15) is 0 Å². The van der Waals surface area contributed by atoms with Crippen LogP contribution in [0, 0.1) is 0 Å². The van der Waals surface area contributed by atoms with E-state index < -0.39 is 23.3 Å². The molecule has 0 aliphatic carbocycles. The van der Waals surface area contributed by atoms with Gasteiger partial charge in [0.2, 0.25) is 11.4 Å². The number of hydrogen-bond acceptors (Lipinski definition) is 8. The highest BCUT2D eigenvalue weighted by Gasteiger charge is 2.56. The molecule has 8 nitrogen and oxygen atoms in total. The number of phenols is 2. The molecule has 2 aromatic rings. The van der Waals surface area contributed by atoms with Crippen molar-refractivity contribution in [2.24, 2.45) is 0 Å². The first kappa shape index (κ1) is 23.7. The van der Waals surface area contributed by atoms with Gasteiger partial charge in [0, 0.05) is 12.0 Å². The third-order valence-electron chi connectivity index (χ3n) is 5.47. The number of ether oxygens (including phenoxy) is 3. The topological polar surface area (TPSA) is 123 Å². The van der Waals surface area contributed by atoms with E-state index in [9.17, 15) is 24.9 Å². The first-order valence-electron chi connectivity index (χ1n) is 10.2. The number of aromatic hydroxyl groups is 2. The first-order chi connectivity index (χ1) is 15.6. The van der Waals surface area contributed by atoms with Crippen LogP contribution in [0.1, 0.15) is 30.5 Å². The molecule has 1 heterocycles. The SMILES string of the molecule is COC(=O)C1(Cc2ccc(OC)c(CC=C(C)C)c2O)OC(=O)C(O)=C1c1ccc(O)cc1. The van der Waals surface area contributed by atoms with Crippen LogP contribution < -0.4 is 4.74 Å². The van der Waals surface area contributed by atoms with E-state index in [1.54, 1.807) is 12.1 Å². The zero-order valence-electron chi connectivity index (χ0n) is 18.8. The Hall–Kier alpha value is -3.94. The van der Waals surface area contributed by atoms with Crippen molar-refractivity contribution in [3.63, 3.8) is 0 Å². The number of benzene rings is 2. The molecular formula is C25H26O8. The van der Waals surface area contributed by atoms with E-state index in [4.69, 9.17) is 14.2 Å². The average molecular weight is 454 g/mol. The number of methoxy groups -OCH3 is 2. The number of cyclic esters (lactones) is 1. The molecule has 1 unspecified atom stereocenters. The van der Waals surface area contributed by atoms with Crippen molar-refractivity contribution in [2.75, 3.05) is 14.2 Å². The highest BCUT2D eigenvalue weighted by atomic mass is 16.6. The summed E-state index contributed by atoms with van der Waals surface area (Å²) in [5.74, 6) is -2.47. The summed E-state index contributed by atoms with van der Waals surface area (Å²) in [4.78, 5) is 25.4. The maximum absolute atomic E-state index is 13.0. The number of aliphatic hydroxyl groups excluding tert-OH is 1. The van der Waals surface area contributed by atoms with Gasteiger partial charge >= 0.3 is 11.9 Å². The van der Waals surface area contributed by atoms with Gasteiger partial charge in [0.05, 0.1) is 19.8 Å². The smallest absolute Gasteiger partial charge is 0.375 e. The van der Waals surface area contributed by atoms with Crippen molar-refractivity contribution in [3.05, 3.63) is 70.5 Å². The molecule has 0 saturated heterocycles. The van der Waals surface area contributed by atoms with Crippen LogP contribution in [0.15, 0.2) is 53.8 Å². The molecule has 33 heavy (non-hydrogen) atoms. The van der Waals surface area contributed by atoms with E-state index in [0.29, 0.717) is 17.7 Å². The van der Waals surface area contributed by atoms with Gasteiger partial charge in [-0.15, -0.1) is 0 Å². The summed E-state index contributed by atoms with van der Waals surface area (Å²) in [6.45, 7) is 3.85. The highest BCUT2D eigenvalue weighted by Crippen LogP contribution is 2.45. The van der Waals surface area contributed by atoms with E-state index in [-0.39, 0.29) is 34.6 Å². The molecular weight excluding hydrogens is 428 g/mol. The van der Waals surface area contributed by atoms with Gasteiger partial charge in [0.1, 0.15) is 17.2 Å². The minimum Gasteiger partial charge on any atom is -0.508 e. The lowest BCUT2D eigenvalue weighted by Gasteiger charge is -2.28. The van der Waals surface area contributed by atoms with E-state index in [1.165, 1.54) is 31.4 Å². The van der Waals surface area contributed by atoms with Crippen LogP contribution in [-0.2, 0) is 31.9 Å². The summed E-state index contributed by atoms with van der Waals surface area (Å²) in [7, 11) is 2.62. The molecule has 1 aliphatic heterocycles. The number of carbonyl (C=O) groups is 2. The number of allylic oxidation sites excluding steroid dienone is 2. The van der Waals surface area contributed by atoms with Crippen LogP contribution in [0.4, 0.5) is 0 Å². The molecule has 1 aliphatic rings. The van der Waals surface area contributed by atoms with E-state index in [2.05, 4.69) is 0 Å². The van der Waals surface area contributed by atoms with Gasteiger partial charge in [-0.3, -0.25) is 0 Å². The molecule has 1 atom stereocenters. The van der Waals surface area contributed by atoms with Crippen LogP contribution in [-0.4, -0.2) is 47.1 Å². The number of aliphatic hydroxyl groups is 1. The number of phenolic OH excluding ortho intramolecular Hbond substituents is 2. The van der Waals surface area contributed by atoms with Crippen molar-refractivity contribution >= 4 is 17.5 Å². The van der Waals surface area contributed by atoms with Crippen LogP contribution in [0.2, 0.25) is 0 Å². The minimum atomic E-state index is -2.05. The molecule has 0 aromatic heterocycles. The van der Waals surface area contributed by atoms with Gasteiger partial charge in [-0.1, -0.05) is 29.8 Å². The Morgan fingerprint density at radius 1 is 1.06 bits per heavy atom. The monoisotopic (exact) mass is 454 g/mol. The molecule has 2 aromatic carbocycles. The van der Waals surface area contributed by atoms with Gasteiger partial charge < -0.3 is 29.5 Å². The summed E-state index contributed by atoms with van der Waals surface area (Å²) in [5.41, 5.74) is -0.0518. The van der Waals surface area contributed by atoms with Crippen LogP contribution in [0.3, 0.4) is 0 Å². The Balaban J connectivity index is 2.18. The third kappa shape index (κ3) is 4.37. The fraction of sp³-hybridized carbons (Fsp3) is 0.280. The lowest BCUT2D eigenvalue weighted by atomic mass is 9.82. The quantitative estimate of drug-likeness (QED) is 0.429. The molecule has 8 heteroatoms. The van der Waals surface area contributed by atoms with Crippen molar-refractivity contribution < 1.29 is 39.1 Å². The molecule has 0 fully saturated rings. The molecule has 0 bridgehead atoms. The fourth-order valence-corrected chi connectivity index (χ4v) is 3.83. The predicted molar refractivity (Wildman–Crippen MR) is 120 cm³/mol. The number of hydrogen-bond donors (Lipinski definition) is 3. The zero-order chi connectivity index (χ0) is 24.3. The summed E-state index contributed by atoms with van der Waals surface area (Å²) in [6.07, 6.45) is 1.99. The standard InChI is InChI=1S/C25H26O8/c1-14(2)5-11-18-19(31-3)12-8-16(21(18)27)13-25(24(30)32-4)20(22(28)23(29)33-25)15-6-9-17(26)10-7-15/h5-10,12,26-28H,11,13H2,1-4H3. The second kappa shape index (κ2) is 9.28. The lowest BCUT2D eigenvalue weighted by molar-refractivity contribution is -0.169. The van der Waals surface area contributed by atoms with Crippen molar-refractivity contribution in [3.8, 4) is 17.2 Å². The van der Waals surface area contributed by atoms with Crippen molar-refractivity contribution in [2.45, 2.75) is 32.3 Å². The molecule has 0 saturated carbocycles. The van der Waals surface area contributed by atoms with Crippen LogP contribution in [0.25, 0.3) is 5.57 Å². The minimum absolute atomic E-state index is 0.0375. The average Bonchev–Trinajstić information content (AvgIpc) is 3.04. The van der Waals surface area contributed by atoms with Crippen LogP contribution >= 0.6 is 0 Å². The van der Waals surface area contributed by atoms with Gasteiger partial charge in [0.15, 0.2) is 0 Å². The molecule has 3 rings (SSSR count). The second-order valence-corrected chi connectivity index (χ2v) is 7.90. The Morgan fingerprint density at radius 3 is 2.30 bits per heavy atom.